The van der Waals surface area contributed by atoms with Crippen LogP contribution in [0.4, 0.5) is 0 Å². The Hall–Kier alpha value is -1.55. The minimum Gasteiger partial charge on any atom is -0.497 e. The lowest BCUT2D eigenvalue weighted by molar-refractivity contribution is -0.143. The van der Waals surface area contributed by atoms with E-state index in [1.165, 1.54) is 5.56 Å². The molecule has 1 N–H and O–H groups in total. The van der Waals surface area contributed by atoms with Crippen LogP contribution in [0, 0.1) is 0 Å². The number of hydrogen-bond donors (Lipinski definition) is 1. The van der Waals surface area contributed by atoms with Crippen LogP contribution in [0.3, 0.4) is 0 Å². The molecule has 0 bridgehead atoms. The quantitative estimate of drug-likeness (QED) is 0.827. The second-order valence-corrected chi connectivity index (χ2v) is 4.33. The van der Waals surface area contributed by atoms with E-state index in [4.69, 9.17) is 9.47 Å². The second kappa shape index (κ2) is 5.87. The van der Waals surface area contributed by atoms with E-state index < -0.39 is 0 Å². The zero-order chi connectivity index (χ0) is 13.0. The highest BCUT2D eigenvalue weighted by Crippen LogP contribution is 2.29. The van der Waals surface area contributed by atoms with Crippen molar-refractivity contribution in [3.05, 3.63) is 29.3 Å². The number of esters is 1. The monoisotopic (exact) mass is 249 g/mol. The lowest BCUT2D eigenvalue weighted by atomic mass is 9.92. The van der Waals surface area contributed by atoms with Crippen molar-refractivity contribution in [2.45, 2.75) is 25.8 Å². The van der Waals surface area contributed by atoms with E-state index in [1.54, 1.807) is 7.11 Å². The van der Waals surface area contributed by atoms with Crippen LogP contribution in [0.5, 0.6) is 5.75 Å². The van der Waals surface area contributed by atoms with Gasteiger partial charge < -0.3 is 14.8 Å². The Morgan fingerprint density at radius 2 is 2.33 bits per heavy atom. The Balaban J connectivity index is 2.18. The number of carbonyl (C=O) groups is 1. The second-order valence-electron chi connectivity index (χ2n) is 4.33. The van der Waals surface area contributed by atoms with Crippen molar-refractivity contribution in [2.75, 3.05) is 20.3 Å². The van der Waals surface area contributed by atoms with Gasteiger partial charge in [-0.15, -0.1) is 0 Å². The molecule has 1 heterocycles. The molecule has 1 aliphatic rings. The standard InChI is InChI=1S/C14H19NO3/c1-3-18-14(16)9-13-12-8-11(17-2)5-4-10(12)6-7-15-13/h4-5,8,13,15H,3,6-7,9H2,1-2H3/t13-/m1/s1. The molecule has 0 unspecified atom stereocenters. The van der Waals surface area contributed by atoms with Gasteiger partial charge >= 0.3 is 5.97 Å². The molecular formula is C14H19NO3. The first-order valence-corrected chi connectivity index (χ1v) is 6.30. The van der Waals surface area contributed by atoms with Gasteiger partial charge in [0.15, 0.2) is 0 Å². The van der Waals surface area contributed by atoms with Gasteiger partial charge in [-0.2, -0.15) is 0 Å². The number of benzene rings is 1. The average Bonchev–Trinajstić information content (AvgIpc) is 2.39. The Kier molecular flexibility index (Phi) is 4.20. The van der Waals surface area contributed by atoms with Gasteiger partial charge in [-0.1, -0.05) is 6.07 Å². The molecule has 0 saturated carbocycles. The largest absolute Gasteiger partial charge is 0.497 e. The van der Waals surface area contributed by atoms with Gasteiger partial charge in [-0.05, 0) is 43.1 Å². The van der Waals surface area contributed by atoms with E-state index in [-0.39, 0.29) is 12.0 Å². The third-order valence-electron chi connectivity index (χ3n) is 3.19. The van der Waals surface area contributed by atoms with Crippen LogP contribution >= 0.6 is 0 Å². The maximum Gasteiger partial charge on any atom is 0.307 e. The lowest BCUT2D eigenvalue weighted by Gasteiger charge is -2.26. The normalized spacial score (nSPS) is 18.0. The molecule has 1 aromatic carbocycles. The number of fused-ring (bicyclic) bond motifs is 1. The fourth-order valence-corrected chi connectivity index (χ4v) is 2.31. The molecule has 4 nitrogen and oxygen atoms in total. The van der Waals surface area contributed by atoms with Crippen molar-refractivity contribution >= 4 is 5.97 Å². The van der Waals surface area contributed by atoms with Gasteiger partial charge in [0.2, 0.25) is 0 Å². The first kappa shape index (κ1) is 12.9. The number of nitrogens with one attached hydrogen (secondary N) is 1. The minimum atomic E-state index is -0.161. The average molecular weight is 249 g/mol. The fourth-order valence-electron chi connectivity index (χ4n) is 2.31. The molecule has 0 radical (unpaired) electrons. The van der Waals surface area contributed by atoms with E-state index in [1.807, 2.05) is 19.1 Å². The van der Waals surface area contributed by atoms with Gasteiger partial charge in [0.25, 0.3) is 0 Å². The third-order valence-corrected chi connectivity index (χ3v) is 3.19. The summed E-state index contributed by atoms with van der Waals surface area (Å²) in [5, 5.41) is 3.36. The molecule has 2 rings (SSSR count). The van der Waals surface area contributed by atoms with Crippen LogP contribution in [0.2, 0.25) is 0 Å². The summed E-state index contributed by atoms with van der Waals surface area (Å²) in [4.78, 5) is 11.6. The first-order valence-electron chi connectivity index (χ1n) is 6.30. The summed E-state index contributed by atoms with van der Waals surface area (Å²) >= 11 is 0. The summed E-state index contributed by atoms with van der Waals surface area (Å²) in [5.41, 5.74) is 2.43. The molecule has 0 aliphatic carbocycles. The molecule has 0 amide bonds. The summed E-state index contributed by atoms with van der Waals surface area (Å²) in [5.74, 6) is 0.664. The number of carbonyl (C=O) groups excluding carboxylic acids is 1. The van der Waals surface area contributed by atoms with Gasteiger partial charge in [0, 0.05) is 6.04 Å². The summed E-state index contributed by atoms with van der Waals surface area (Å²) in [6.07, 6.45) is 1.35. The Bertz CT molecular complexity index is 431. The molecule has 98 valence electrons. The smallest absolute Gasteiger partial charge is 0.307 e. The maximum absolute atomic E-state index is 11.6. The molecule has 0 aromatic heterocycles. The van der Waals surface area contributed by atoms with Crippen LogP contribution in [0.1, 0.15) is 30.5 Å². The predicted octanol–water partition coefficient (Wildman–Crippen LogP) is 1.84. The zero-order valence-electron chi connectivity index (χ0n) is 10.9. The van der Waals surface area contributed by atoms with Crippen LogP contribution in [0.15, 0.2) is 18.2 Å². The van der Waals surface area contributed by atoms with E-state index in [0.717, 1.165) is 24.3 Å². The van der Waals surface area contributed by atoms with Gasteiger partial charge in [-0.25, -0.2) is 0 Å². The molecular weight excluding hydrogens is 230 g/mol. The molecule has 1 aromatic rings. The molecule has 1 atom stereocenters. The number of hydrogen-bond acceptors (Lipinski definition) is 4. The van der Waals surface area contributed by atoms with Crippen LogP contribution in [-0.4, -0.2) is 26.2 Å². The molecule has 1 aliphatic heterocycles. The zero-order valence-corrected chi connectivity index (χ0v) is 10.9. The topological polar surface area (TPSA) is 47.6 Å². The molecule has 4 heteroatoms. The Morgan fingerprint density at radius 1 is 1.50 bits per heavy atom. The highest BCUT2D eigenvalue weighted by Gasteiger charge is 2.23. The van der Waals surface area contributed by atoms with Crippen molar-refractivity contribution in [1.82, 2.24) is 5.32 Å². The van der Waals surface area contributed by atoms with Crippen LogP contribution in [0.25, 0.3) is 0 Å². The van der Waals surface area contributed by atoms with E-state index >= 15 is 0 Å². The predicted molar refractivity (Wildman–Crippen MR) is 68.7 cm³/mol. The highest BCUT2D eigenvalue weighted by atomic mass is 16.5. The minimum absolute atomic E-state index is 0.0305. The van der Waals surface area contributed by atoms with Crippen molar-refractivity contribution in [1.29, 1.82) is 0 Å². The van der Waals surface area contributed by atoms with Crippen molar-refractivity contribution < 1.29 is 14.3 Å². The SMILES string of the molecule is CCOC(=O)C[C@H]1NCCc2ccc(OC)cc21. The van der Waals surface area contributed by atoms with E-state index in [9.17, 15) is 4.79 Å². The molecule has 18 heavy (non-hydrogen) atoms. The summed E-state index contributed by atoms with van der Waals surface area (Å²) < 4.78 is 10.2. The van der Waals surface area contributed by atoms with E-state index in [2.05, 4.69) is 11.4 Å². The Morgan fingerprint density at radius 3 is 3.06 bits per heavy atom. The lowest BCUT2D eigenvalue weighted by Crippen LogP contribution is -2.31. The Labute approximate surface area is 107 Å². The highest BCUT2D eigenvalue weighted by molar-refractivity contribution is 5.70. The molecule has 0 saturated heterocycles. The van der Waals surface area contributed by atoms with Crippen molar-refractivity contribution in [3.8, 4) is 5.75 Å². The molecule has 0 spiro atoms. The maximum atomic E-state index is 11.6. The van der Waals surface area contributed by atoms with E-state index in [0.29, 0.717) is 13.0 Å². The van der Waals surface area contributed by atoms with Crippen LogP contribution < -0.4 is 10.1 Å². The number of methoxy groups -OCH3 is 1. The summed E-state index contributed by atoms with van der Waals surface area (Å²) in [7, 11) is 1.65. The van der Waals surface area contributed by atoms with Gasteiger partial charge in [0.1, 0.15) is 5.75 Å². The van der Waals surface area contributed by atoms with Crippen molar-refractivity contribution in [3.63, 3.8) is 0 Å². The van der Waals surface area contributed by atoms with Gasteiger partial charge in [0.05, 0.1) is 20.1 Å². The van der Waals surface area contributed by atoms with Crippen LogP contribution in [-0.2, 0) is 16.0 Å². The van der Waals surface area contributed by atoms with Gasteiger partial charge in [-0.3, -0.25) is 4.79 Å². The van der Waals surface area contributed by atoms with Crippen molar-refractivity contribution in [2.24, 2.45) is 0 Å². The summed E-state index contributed by atoms with van der Waals surface area (Å²) in [6.45, 7) is 3.14. The molecule has 0 fully saturated rings. The first-order chi connectivity index (χ1) is 8.74. The summed E-state index contributed by atoms with van der Waals surface area (Å²) in [6, 6.07) is 6.08. The fraction of sp³-hybridized carbons (Fsp3) is 0.500. The number of ether oxygens (including phenoxy) is 2. The number of rotatable bonds is 4. The third kappa shape index (κ3) is 2.82.